The molecule has 3 rings (SSSR count). The van der Waals surface area contributed by atoms with E-state index in [0.717, 1.165) is 29.0 Å². The van der Waals surface area contributed by atoms with Crippen molar-refractivity contribution < 1.29 is 13.6 Å². The van der Waals surface area contributed by atoms with E-state index in [2.05, 4.69) is 11.4 Å². The Hall–Kier alpha value is -2.08. The lowest BCUT2D eigenvalue weighted by atomic mass is 10.1. The van der Waals surface area contributed by atoms with Gasteiger partial charge in [-0.1, -0.05) is 23.8 Å². The van der Waals surface area contributed by atoms with Crippen LogP contribution in [0.5, 0.6) is 0 Å². The molecule has 0 unspecified atom stereocenters. The van der Waals surface area contributed by atoms with Crippen molar-refractivity contribution in [3.05, 3.63) is 64.7 Å². The number of hydrogen-bond acceptors (Lipinski definition) is 2. The molecule has 1 atom stereocenters. The summed E-state index contributed by atoms with van der Waals surface area (Å²) >= 11 is 1.70. The van der Waals surface area contributed by atoms with Crippen molar-refractivity contribution >= 4 is 23.5 Å². The summed E-state index contributed by atoms with van der Waals surface area (Å²) in [4.78, 5) is 14.3. The number of nitrogens with zero attached hydrogens (tertiary/aromatic N) is 1. The van der Waals surface area contributed by atoms with E-state index >= 15 is 0 Å². The molecule has 24 heavy (non-hydrogen) atoms. The number of halogens is 2. The van der Waals surface area contributed by atoms with E-state index in [0.29, 0.717) is 6.54 Å². The third-order valence-corrected chi connectivity index (χ3v) is 5.26. The number of carbonyl (C=O) groups is 1. The van der Waals surface area contributed by atoms with E-state index in [9.17, 15) is 13.6 Å². The average molecular weight is 348 g/mol. The number of urea groups is 1. The van der Waals surface area contributed by atoms with Crippen LogP contribution in [0.1, 0.15) is 22.1 Å². The molecule has 2 aromatic rings. The molecule has 0 radical (unpaired) electrons. The third-order valence-electron chi connectivity index (χ3n) is 4.01. The molecular weight excluding hydrogens is 330 g/mol. The monoisotopic (exact) mass is 348 g/mol. The summed E-state index contributed by atoms with van der Waals surface area (Å²) in [6.07, 6.45) is 0. The maximum Gasteiger partial charge on any atom is 0.323 e. The Morgan fingerprint density at radius 3 is 2.67 bits per heavy atom. The number of benzene rings is 2. The number of thioether (sulfide) groups is 1. The number of aryl methyl sites for hydroxylation is 2. The van der Waals surface area contributed by atoms with Gasteiger partial charge in [0, 0.05) is 24.1 Å². The molecule has 0 aliphatic carbocycles. The Labute approximate surface area is 144 Å². The topological polar surface area (TPSA) is 32.3 Å². The fraction of sp³-hybridized carbons (Fsp3) is 0.278. The maximum atomic E-state index is 13.3. The summed E-state index contributed by atoms with van der Waals surface area (Å²) in [6.45, 7) is 4.68. The first-order chi connectivity index (χ1) is 11.5. The fourth-order valence-corrected chi connectivity index (χ4v) is 4.16. The maximum absolute atomic E-state index is 13.3. The molecule has 0 bridgehead atoms. The molecule has 0 aromatic heterocycles. The highest BCUT2D eigenvalue weighted by atomic mass is 32.2. The molecule has 1 heterocycles. The van der Waals surface area contributed by atoms with Crippen molar-refractivity contribution in [1.82, 2.24) is 4.90 Å². The second-order valence-electron chi connectivity index (χ2n) is 5.84. The Balaban J connectivity index is 1.79. The van der Waals surface area contributed by atoms with Gasteiger partial charge in [-0.05, 0) is 37.1 Å². The second kappa shape index (κ2) is 6.81. The minimum atomic E-state index is -0.977. The number of carbonyl (C=O) groups excluding carboxylic acids is 1. The molecule has 0 saturated carbocycles. The van der Waals surface area contributed by atoms with Gasteiger partial charge in [0.15, 0.2) is 11.6 Å². The lowest BCUT2D eigenvalue weighted by molar-refractivity contribution is 0.214. The van der Waals surface area contributed by atoms with Crippen molar-refractivity contribution in [2.24, 2.45) is 0 Å². The molecule has 0 spiro atoms. The van der Waals surface area contributed by atoms with Gasteiger partial charge in [-0.15, -0.1) is 11.8 Å². The lowest BCUT2D eigenvalue weighted by Gasteiger charge is -2.25. The van der Waals surface area contributed by atoms with E-state index < -0.39 is 11.6 Å². The predicted octanol–water partition coefficient (Wildman–Crippen LogP) is 4.86. The molecule has 3 nitrogen and oxygen atoms in total. The van der Waals surface area contributed by atoms with Crippen LogP contribution in [0.15, 0.2) is 36.4 Å². The standard InChI is InChI=1S/C18H18F2N2OS/c1-11-3-5-14(12(2)9-11)17-22(7-8-24-17)18(23)21-13-4-6-15(19)16(20)10-13/h3-6,9-10,17H,7-8H2,1-2H3,(H,21,23)/t17-/m1/s1. The molecule has 1 aliphatic rings. The molecule has 1 N–H and O–H groups in total. The van der Waals surface area contributed by atoms with Crippen LogP contribution in [0.25, 0.3) is 0 Å². The fourth-order valence-electron chi connectivity index (χ4n) is 2.81. The highest BCUT2D eigenvalue weighted by molar-refractivity contribution is 7.99. The summed E-state index contributed by atoms with van der Waals surface area (Å²) in [5.74, 6) is -1.07. The van der Waals surface area contributed by atoms with Crippen LogP contribution >= 0.6 is 11.8 Å². The summed E-state index contributed by atoms with van der Waals surface area (Å²) in [5.41, 5.74) is 3.66. The third kappa shape index (κ3) is 3.38. The van der Waals surface area contributed by atoms with Crippen molar-refractivity contribution in [3.8, 4) is 0 Å². The molecule has 2 aromatic carbocycles. The Bertz CT molecular complexity index is 782. The minimum absolute atomic E-state index is 0.0732. The van der Waals surface area contributed by atoms with Gasteiger partial charge in [-0.25, -0.2) is 13.6 Å². The van der Waals surface area contributed by atoms with Gasteiger partial charge in [0.05, 0.1) is 0 Å². The quantitative estimate of drug-likeness (QED) is 0.840. The molecule has 1 fully saturated rings. The van der Waals surface area contributed by atoms with Crippen LogP contribution in [-0.4, -0.2) is 23.2 Å². The summed E-state index contributed by atoms with van der Waals surface area (Å²) in [5, 5.41) is 2.58. The van der Waals surface area contributed by atoms with Crippen molar-refractivity contribution in [3.63, 3.8) is 0 Å². The molecule has 126 valence electrons. The van der Waals surface area contributed by atoms with E-state index in [1.54, 1.807) is 16.7 Å². The highest BCUT2D eigenvalue weighted by Crippen LogP contribution is 2.39. The number of anilines is 1. The predicted molar refractivity (Wildman–Crippen MR) is 93.2 cm³/mol. The Morgan fingerprint density at radius 2 is 1.96 bits per heavy atom. The van der Waals surface area contributed by atoms with Gasteiger partial charge < -0.3 is 10.2 Å². The van der Waals surface area contributed by atoms with Crippen molar-refractivity contribution in [2.45, 2.75) is 19.2 Å². The zero-order valence-corrected chi connectivity index (χ0v) is 14.3. The number of nitrogens with one attached hydrogen (secondary N) is 1. The van der Waals surface area contributed by atoms with E-state index in [1.165, 1.54) is 11.6 Å². The normalized spacial score (nSPS) is 17.2. The van der Waals surface area contributed by atoms with Gasteiger partial charge in [-0.3, -0.25) is 0 Å². The Kier molecular flexibility index (Phi) is 4.76. The SMILES string of the molecule is Cc1ccc([C@H]2SCCN2C(=O)Nc2ccc(F)c(F)c2)c(C)c1. The average Bonchev–Trinajstić information content (AvgIpc) is 3.00. The van der Waals surface area contributed by atoms with Crippen LogP contribution in [-0.2, 0) is 0 Å². The number of rotatable bonds is 2. The van der Waals surface area contributed by atoms with Gasteiger partial charge in [0.1, 0.15) is 5.37 Å². The van der Waals surface area contributed by atoms with Gasteiger partial charge >= 0.3 is 6.03 Å². The summed E-state index contributed by atoms with van der Waals surface area (Å²) in [6, 6.07) is 9.22. The van der Waals surface area contributed by atoms with Crippen LogP contribution in [0.3, 0.4) is 0 Å². The summed E-state index contributed by atoms with van der Waals surface area (Å²) < 4.78 is 26.3. The number of hydrogen-bond donors (Lipinski definition) is 1. The van der Waals surface area contributed by atoms with Crippen molar-refractivity contribution in [2.75, 3.05) is 17.6 Å². The zero-order valence-electron chi connectivity index (χ0n) is 13.5. The van der Waals surface area contributed by atoms with Crippen LogP contribution in [0.4, 0.5) is 19.3 Å². The first-order valence-corrected chi connectivity index (χ1v) is 8.72. The summed E-state index contributed by atoms with van der Waals surface area (Å²) in [7, 11) is 0. The second-order valence-corrected chi connectivity index (χ2v) is 7.02. The smallest absolute Gasteiger partial charge is 0.308 e. The van der Waals surface area contributed by atoms with Crippen molar-refractivity contribution in [1.29, 1.82) is 0 Å². The molecule has 6 heteroatoms. The van der Waals surface area contributed by atoms with Gasteiger partial charge in [-0.2, -0.15) is 0 Å². The lowest BCUT2D eigenvalue weighted by Crippen LogP contribution is -2.34. The molecule has 1 saturated heterocycles. The molecular formula is C18H18F2N2OS. The highest BCUT2D eigenvalue weighted by Gasteiger charge is 2.31. The first kappa shape index (κ1) is 16.8. The first-order valence-electron chi connectivity index (χ1n) is 7.67. The van der Waals surface area contributed by atoms with E-state index in [1.807, 2.05) is 26.0 Å². The molecule has 2 amide bonds. The Morgan fingerprint density at radius 1 is 1.17 bits per heavy atom. The number of amides is 2. The van der Waals surface area contributed by atoms with Crippen LogP contribution < -0.4 is 5.32 Å². The van der Waals surface area contributed by atoms with Gasteiger partial charge in [0.2, 0.25) is 0 Å². The van der Waals surface area contributed by atoms with Crippen LogP contribution in [0, 0.1) is 25.5 Å². The van der Waals surface area contributed by atoms with Crippen LogP contribution in [0.2, 0.25) is 0 Å². The minimum Gasteiger partial charge on any atom is -0.308 e. The largest absolute Gasteiger partial charge is 0.323 e. The van der Waals surface area contributed by atoms with E-state index in [-0.39, 0.29) is 17.1 Å². The van der Waals surface area contributed by atoms with Gasteiger partial charge in [0.25, 0.3) is 0 Å². The van der Waals surface area contributed by atoms with E-state index in [4.69, 9.17) is 0 Å². The molecule has 1 aliphatic heterocycles. The zero-order chi connectivity index (χ0) is 17.3.